The lowest BCUT2D eigenvalue weighted by atomic mass is 9.99. The zero-order valence-electron chi connectivity index (χ0n) is 12.0. The van der Waals surface area contributed by atoms with Crippen LogP contribution < -0.4 is 0 Å². The number of allylic oxidation sites excluding steroid dienone is 4. The number of hydrogen-bond acceptors (Lipinski definition) is 1. The zero-order chi connectivity index (χ0) is 13.1. The lowest BCUT2D eigenvalue weighted by Crippen LogP contribution is -1.94. The first-order valence-electron chi connectivity index (χ1n) is 6.85. The van der Waals surface area contributed by atoms with Gasteiger partial charge in [0.15, 0.2) is 0 Å². The second-order valence-corrected chi connectivity index (χ2v) is 5.12. The largest absolute Gasteiger partial charge is 0.303 e. The molecule has 1 nitrogen and oxygen atoms in total. The van der Waals surface area contributed by atoms with Gasteiger partial charge >= 0.3 is 0 Å². The summed E-state index contributed by atoms with van der Waals surface area (Å²) in [6, 6.07) is 0. The van der Waals surface area contributed by atoms with Gasteiger partial charge in [0.05, 0.1) is 0 Å². The predicted molar refractivity (Wildman–Crippen MR) is 76.1 cm³/mol. The molecule has 0 spiro atoms. The fourth-order valence-electron chi connectivity index (χ4n) is 1.82. The van der Waals surface area contributed by atoms with Gasteiger partial charge in [-0.15, -0.1) is 0 Å². The van der Waals surface area contributed by atoms with Crippen LogP contribution in [0.3, 0.4) is 0 Å². The average molecular weight is 236 g/mol. The topological polar surface area (TPSA) is 17.1 Å². The van der Waals surface area contributed by atoms with E-state index in [4.69, 9.17) is 0 Å². The molecule has 0 bridgehead atoms. The Kier molecular flexibility index (Phi) is 9.80. The summed E-state index contributed by atoms with van der Waals surface area (Å²) < 4.78 is 0. The lowest BCUT2D eigenvalue weighted by Gasteiger charge is -2.07. The maximum absolute atomic E-state index is 10.4. The highest BCUT2D eigenvalue weighted by atomic mass is 16.1. The Morgan fingerprint density at radius 2 is 1.88 bits per heavy atom. The molecule has 0 saturated carbocycles. The van der Waals surface area contributed by atoms with Gasteiger partial charge in [-0.05, 0) is 51.9 Å². The van der Waals surface area contributed by atoms with Gasteiger partial charge in [0.1, 0.15) is 6.29 Å². The van der Waals surface area contributed by atoms with Gasteiger partial charge in [-0.2, -0.15) is 0 Å². The molecule has 0 aromatic heterocycles. The summed E-state index contributed by atoms with van der Waals surface area (Å²) >= 11 is 0. The molecule has 0 aromatic carbocycles. The normalized spacial score (nSPS) is 13.3. The van der Waals surface area contributed by atoms with Crippen molar-refractivity contribution in [3.63, 3.8) is 0 Å². The van der Waals surface area contributed by atoms with Crippen molar-refractivity contribution in [3.05, 3.63) is 23.3 Å². The van der Waals surface area contributed by atoms with Gasteiger partial charge in [-0.25, -0.2) is 0 Å². The molecule has 0 radical (unpaired) electrons. The monoisotopic (exact) mass is 236 g/mol. The molecule has 0 saturated heterocycles. The van der Waals surface area contributed by atoms with Crippen molar-refractivity contribution >= 4 is 6.29 Å². The molecule has 98 valence electrons. The summed E-state index contributed by atoms with van der Waals surface area (Å²) in [5.41, 5.74) is 2.96. The second-order valence-electron chi connectivity index (χ2n) is 5.12. The van der Waals surface area contributed by atoms with E-state index in [2.05, 4.69) is 39.8 Å². The minimum Gasteiger partial charge on any atom is -0.303 e. The molecular formula is C16H28O. The summed E-state index contributed by atoms with van der Waals surface area (Å²) in [6.07, 6.45) is 12.2. The van der Waals surface area contributed by atoms with E-state index in [9.17, 15) is 4.79 Å². The molecule has 0 aliphatic carbocycles. The summed E-state index contributed by atoms with van der Waals surface area (Å²) in [5.74, 6) is 0.527. The Labute approximate surface area is 107 Å². The van der Waals surface area contributed by atoms with Gasteiger partial charge in [0, 0.05) is 6.42 Å². The fraction of sp³-hybridized carbons (Fsp3) is 0.688. The van der Waals surface area contributed by atoms with E-state index in [1.807, 2.05) is 0 Å². The lowest BCUT2D eigenvalue weighted by molar-refractivity contribution is -0.108. The Morgan fingerprint density at radius 3 is 2.41 bits per heavy atom. The van der Waals surface area contributed by atoms with E-state index < -0.39 is 0 Å². The summed E-state index contributed by atoms with van der Waals surface area (Å²) in [4.78, 5) is 10.4. The standard InChI is InChI=1S/C16H28O/c1-5-16(10-6-8-14(2)3)11-7-9-15(4)12-13-17/h8,11,13,15H,5-7,9-10,12H2,1-4H3. The van der Waals surface area contributed by atoms with Crippen LogP contribution in [0.15, 0.2) is 23.3 Å². The molecule has 1 atom stereocenters. The zero-order valence-corrected chi connectivity index (χ0v) is 12.0. The Bertz CT molecular complexity index is 257. The van der Waals surface area contributed by atoms with Crippen molar-refractivity contribution in [2.45, 2.75) is 66.2 Å². The molecule has 0 heterocycles. The van der Waals surface area contributed by atoms with Crippen molar-refractivity contribution in [2.24, 2.45) is 5.92 Å². The summed E-state index contributed by atoms with van der Waals surface area (Å²) in [6.45, 7) is 8.67. The molecule has 17 heavy (non-hydrogen) atoms. The van der Waals surface area contributed by atoms with Crippen LogP contribution in [0.4, 0.5) is 0 Å². The van der Waals surface area contributed by atoms with Crippen molar-refractivity contribution in [3.8, 4) is 0 Å². The first kappa shape index (κ1) is 16.1. The van der Waals surface area contributed by atoms with Crippen LogP contribution in [0, 0.1) is 5.92 Å². The van der Waals surface area contributed by atoms with Crippen molar-refractivity contribution < 1.29 is 4.79 Å². The molecule has 0 aromatic rings. The molecular weight excluding hydrogens is 208 g/mol. The number of aldehydes is 1. The van der Waals surface area contributed by atoms with E-state index in [0.717, 1.165) is 32.0 Å². The van der Waals surface area contributed by atoms with E-state index in [1.54, 1.807) is 5.57 Å². The van der Waals surface area contributed by atoms with Crippen LogP contribution in [0.25, 0.3) is 0 Å². The molecule has 1 unspecified atom stereocenters. The highest BCUT2D eigenvalue weighted by Crippen LogP contribution is 2.15. The van der Waals surface area contributed by atoms with Crippen LogP contribution in [0.1, 0.15) is 66.2 Å². The second kappa shape index (κ2) is 10.3. The van der Waals surface area contributed by atoms with Crippen molar-refractivity contribution in [2.75, 3.05) is 0 Å². The van der Waals surface area contributed by atoms with E-state index in [0.29, 0.717) is 12.3 Å². The minimum absolute atomic E-state index is 0.527. The van der Waals surface area contributed by atoms with Crippen molar-refractivity contribution in [1.29, 1.82) is 0 Å². The molecule has 1 heteroatoms. The Balaban J connectivity index is 3.92. The first-order valence-corrected chi connectivity index (χ1v) is 6.85. The van der Waals surface area contributed by atoms with Gasteiger partial charge in [0.2, 0.25) is 0 Å². The van der Waals surface area contributed by atoms with Gasteiger partial charge in [0.25, 0.3) is 0 Å². The third-order valence-corrected chi connectivity index (χ3v) is 3.06. The van der Waals surface area contributed by atoms with Gasteiger partial charge in [-0.3, -0.25) is 0 Å². The molecule has 0 aliphatic heterocycles. The third-order valence-electron chi connectivity index (χ3n) is 3.06. The molecule has 0 aliphatic rings. The molecule has 0 rings (SSSR count). The Morgan fingerprint density at radius 1 is 1.18 bits per heavy atom. The van der Waals surface area contributed by atoms with Crippen LogP contribution in [-0.2, 0) is 4.79 Å². The van der Waals surface area contributed by atoms with Gasteiger partial charge < -0.3 is 4.79 Å². The number of carbonyl (C=O) groups excluding carboxylic acids is 1. The highest BCUT2D eigenvalue weighted by Gasteiger charge is 2.00. The molecule has 0 N–H and O–H groups in total. The SMILES string of the molecule is CCC(=CCCC(C)CC=O)CCC=C(C)C. The van der Waals surface area contributed by atoms with Crippen LogP contribution >= 0.6 is 0 Å². The predicted octanol–water partition coefficient (Wildman–Crippen LogP) is 5.07. The summed E-state index contributed by atoms with van der Waals surface area (Å²) in [5, 5.41) is 0. The first-order chi connectivity index (χ1) is 8.10. The van der Waals surface area contributed by atoms with Crippen LogP contribution in [-0.4, -0.2) is 6.29 Å². The van der Waals surface area contributed by atoms with Crippen LogP contribution in [0.5, 0.6) is 0 Å². The molecule has 0 amide bonds. The van der Waals surface area contributed by atoms with E-state index in [-0.39, 0.29) is 0 Å². The third kappa shape index (κ3) is 10.0. The fourth-order valence-corrected chi connectivity index (χ4v) is 1.82. The van der Waals surface area contributed by atoms with Crippen LogP contribution in [0.2, 0.25) is 0 Å². The quantitative estimate of drug-likeness (QED) is 0.403. The van der Waals surface area contributed by atoms with E-state index >= 15 is 0 Å². The minimum atomic E-state index is 0.527. The molecule has 0 fully saturated rings. The number of hydrogen-bond donors (Lipinski definition) is 0. The number of carbonyl (C=O) groups is 1. The number of rotatable bonds is 9. The maximum Gasteiger partial charge on any atom is 0.120 e. The maximum atomic E-state index is 10.4. The summed E-state index contributed by atoms with van der Waals surface area (Å²) in [7, 11) is 0. The average Bonchev–Trinajstić information content (AvgIpc) is 2.27. The Hall–Kier alpha value is -0.850. The smallest absolute Gasteiger partial charge is 0.120 e. The van der Waals surface area contributed by atoms with Crippen molar-refractivity contribution in [1.82, 2.24) is 0 Å². The van der Waals surface area contributed by atoms with E-state index in [1.165, 1.54) is 12.0 Å². The van der Waals surface area contributed by atoms with Gasteiger partial charge in [-0.1, -0.05) is 37.1 Å². The highest BCUT2D eigenvalue weighted by molar-refractivity contribution is 5.49.